The molecule has 2 aromatic rings. The average Bonchev–Trinajstić information content (AvgIpc) is 2.44. The zero-order valence-corrected chi connectivity index (χ0v) is 13.9. The van der Waals surface area contributed by atoms with Crippen molar-refractivity contribution in [3.05, 3.63) is 58.1 Å². The maximum Gasteiger partial charge on any atom is 0.265 e. The van der Waals surface area contributed by atoms with E-state index < -0.39 is 6.10 Å². The standard InChI is InChI=1S/C17H18BrNO2/c1-11-8-9-16(12(2)10-11)21-13(3)17(20)19-15-7-5-4-6-14(15)18/h4-10,13H,1-3H3,(H,19,20)/t13-/m1/s1. The topological polar surface area (TPSA) is 38.3 Å². The highest BCUT2D eigenvalue weighted by atomic mass is 79.9. The molecular weight excluding hydrogens is 330 g/mol. The van der Waals surface area contributed by atoms with Gasteiger partial charge in [-0.05, 0) is 60.5 Å². The Morgan fingerprint density at radius 3 is 2.57 bits per heavy atom. The van der Waals surface area contributed by atoms with Crippen molar-refractivity contribution in [3.63, 3.8) is 0 Å². The smallest absolute Gasteiger partial charge is 0.265 e. The van der Waals surface area contributed by atoms with Gasteiger partial charge in [-0.15, -0.1) is 0 Å². The van der Waals surface area contributed by atoms with Gasteiger partial charge in [0.15, 0.2) is 6.10 Å². The molecule has 0 heterocycles. The first kappa shape index (κ1) is 15.6. The van der Waals surface area contributed by atoms with Crippen LogP contribution in [0, 0.1) is 13.8 Å². The molecule has 1 N–H and O–H groups in total. The first-order valence-electron chi connectivity index (χ1n) is 6.76. The Bertz CT molecular complexity index is 655. The highest BCUT2D eigenvalue weighted by Crippen LogP contribution is 2.23. The fourth-order valence-electron chi connectivity index (χ4n) is 1.97. The van der Waals surface area contributed by atoms with Crippen molar-refractivity contribution in [1.29, 1.82) is 0 Å². The van der Waals surface area contributed by atoms with Crippen molar-refractivity contribution >= 4 is 27.5 Å². The Labute approximate surface area is 133 Å². The number of carbonyl (C=O) groups is 1. The molecule has 0 aromatic heterocycles. The van der Waals surface area contributed by atoms with Crippen molar-refractivity contribution in [1.82, 2.24) is 0 Å². The van der Waals surface area contributed by atoms with Gasteiger partial charge < -0.3 is 10.1 Å². The van der Waals surface area contributed by atoms with E-state index in [1.54, 1.807) is 6.92 Å². The fraction of sp³-hybridized carbons (Fsp3) is 0.235. The molecule has 3 nitrogen and oxygen atoms in total. The molecular formula is C17H18BrNO2. The number of rotatable bonds is 4. The number of amides is 1. The van der Waals surface area contributed by atoms with Crippen LogP contribution >= 0.6 is 15.9 Å². The van der Waals surface area contributed by atoms with E-state index >= 15 is 0 Å². The Morgan fingerprint density at radius 2 is 1.90 bits per heavy atom. The van der Waals surface area contributed by atoms with Gasteiger partial charge in [0.2, 0.25) is 0 Å². The summed E-state index contributed by atoms with van der Waals surface area (Å²) in [6.45, 7) is 5.74. The Morgan fingerprint density at radius 1 is 1.19 bits per heavy atom. The molecule has 21 heavy (non-hydrogen) atoms. The van der Waals surface area contributed by atoms with E-state index in [1.165, 1.54) is 5.56 Å². The monoisotopic (exact) mass is 347 g/mol. The molecule has 2 aromatic carbocycles. The lowest BCUT2D eigenvalue weighted by Gasteiger charge is -2.17. The van der Waals surface area contributed by atoms with Crippen LogP contribution < -0.4 is 10.1 Å². The molecule has 0 aliphatic heterocycles. The van der Waals surface area contributed by atoms with Crippen LogP contribution in [0.4, 0.5) is 5.69 Å². The van der Waals surface area contributed by atoms with Gasteiger partial charge in [0.1, 0.15) is 5.75 Å². The van der Waals surface area contributed by atoms with Crippen molar-refractivity contribution in [2.45, 2.75) is 26.9 Å². The zero-order valence-electron chi connectivity index (χ0n) is 12.3. The molecule has 1 amide bonds. The zero-order chi connectivity index (χ0) is 15.4. The van der Waals surface area contributed by atoms with Crippen molar-refractivity contribution < 1.29 is 9.53 Å². The van der Waals surface area contributed by atoms with E-state index in [0.29, 0.717) is 0 Å². The summed E-state index contributed by atoms with van der Waals surface area (Å²) in [6, 6.07) is 13.4. The van der Waals surface area contributed by atoms with Crippen molar-refractivity contribution in [2.75, 3.05) is 5.32 Å². The maximum atomic E-state index is 12.2. The molecule has 0 spiro atoms. The van der Waals surface area contributed by atoms with E-state index in [1.807, 2.05) is 56.3 Å². The second-order valence-corrected chi connectivity index (χ2v) is 5.85. The largest absolute Gasteiger partial charge is 0.481 e. The highest BCUT2D eigenvalue weighted by Gasteiger charge is 2.16. The van der Waals surface area contributed by atoms with E-state index in [0.717, 1.165) is 21.5 Å². The molecule has 110 valence electrons. The van der Waals surface area contributed by atoms with Crippen LogP contribution in [0.15, 0.2) is 46.9 Å². The molecule has 0 aliphatic rings. The molecule has 0 radical (unpaired) electrons. The summed E-state index contributed by atoms with van der Waals surface area (Å²) in [5.41, 5.74) is 2.93. The number of nitrogens with one attached hydrogen (secondary N) is 1. The number of aryl methyl sites for hydroxylation is 2. The van der Waals surface area contributed by atoms with Crippen LogP contribution in [0.5, 0.6) is 5.75 Å². The van der Waals surface area contributed by atoms with Gasteiger partial charge in [-0.25, -0.2) is 0 Å². The van der Waals surface area contributed by atoms with Crippen LogP contribution in [-0.4, -0.2) is 12.0 Å². The number of hydrogen-bond acceptors (Lipinski definition) is 2. The third-order valence-electron chi connectivity index (χ3n) is 3.14. The highest BCUT2D eigenvalue weighted by molar-refractivity contribution is 9.10. The number of benzene rings is 2. The van der Waals surface area contributed by atoms with Crippen LogP contribution in [0.2, 0.25) is 0 Å². The summed E-state index contributed by atoms with van der Waals surface area (Å²) in [5, 5.41) is 2.85. The van der Waals surface area contributed by atoms with Crippen molar-refractivity contribution in [2.24, 2.45) is 0 Å². The molecule has 0 saturated carbocycles. The molecule has 0 bridgehead atoms. The van der Waals surface area contributed by atoms with Crippen LogP contribution in [0.25, 0.3) is 0 Å². The third kappa shape index (κ3) is 4.08. The molecule has 0 aliphatic carbocycles. The first-order valence-corrected chi connectivity index (χ1v) is 7.56. The Balaban J connectivity index is 2.04. The van der Waals surface area contributed by atoms with Gasteiger partial charge in [0.25, 0.3) is 5.91 Å². The number of anilines is 1. The number of carbonyl (C=O) groups excluding carboxylic acids is 1. The average molecular weight is 348 g/mol. The normalized spacial score (nSPS) is 11.8. The summed E-state index contributed by atoms with van der Waals surface area (Å²) in [5.74, 6) is 0.553. The van der Waals surface area contributed by atoms with Crippen LogP contribution in [-0.2, 0) is 4.79 Å². The van der Waals surface area contributed by atoms with Crippen LogP contribution in [0.3, 0.4) is 0 Å². The molecule has 0 fully saturated rings. The second kappa shape index (κ2) is 6.76. The lowest BCUT2D eigenvalue weighted by Crippen LogP contribution is -2.30. The lowest BCUT2D eigenvalue weighted by molar-refractivity contribution is -0.122. The number of hydrogen-bond donors (Lipinski definition) is 1. The molecule has 4 heteroatoms. The van der Waals surface area contributed by atoms with E-state index in [9.17, 15) is 4.79 Å². The minimum absolute atomic E-state index is 0.179. The van der Waals surface area contributed by atoms with Gasteiger partial charge in [-0.1, -0.05) is 29.8 Å². The van der Waals surface area contributed by atoms with E-state index in [2.05, 4.69) is 21.2 Å². The number of halogens is 1. The van der Waals surface area contributed by atoms with Crippen LogP contribution in [0.1, 0.15) is 18.1 Å². The predicted molar refractivity (Wildman–Crippen MR) is 88.8 cm³/mol. The summed E-state index contributed by atoms with van der Waals surface area (Å²) >= 11 is 3.40. The van der Waals surface area contributed by atoms with Crippen molar-refractivity contribution in [3.8, 4) is 5.75 Å². The SMILES string of the molecule is Cc1ccc(O[C@H](C)C(=O)Nc2ccccc2Br)c(C)c1. The number of ether oxygens (including phenoxy) is 1. The third-order valence-corrected chi connectivity index (χ3v) is 3.83. The maximum absolute atomic E-state index is 12.2. The second-order valence-electron chi connectivity index (χ2n) is 5.00. The quantitative estimate of drug-likeness (QED) is 0.885. The van der Waals surface area contributed by atoms with Gasteiger partial charge in [0.05, 0.1) is 5.69 Å². The van der Waals surface area contributed by atoms with Gasteiger partial charge in [-0.2, -0.15) is 0 Å². The van der Waals surface area contributed by atoms with Gasteiger partial charge >= 0.3 is 0 Å². The first-order chi connectivity index (χ1) is 9.97. The summed E-state index contributed by atoms with van der Waals surface area (Å²) < 4.78 is 6.59. The fourth-order valence-corrected chi connectivity index (χ4v) is 2.36. The van der Waals surface area contributed by atoms with Gasteiger partial charge in [0, 0.05) is 4.47 Å². The molecule has 2 rings (SSSR count). The summed E-state index contributed by atoms with van der Waals surface area (Å²) in [6.07, 6.45) is -0.571. The minimum atomic E-state index is -0.571. The predicted octanol–water partition coefficient (Wildman–Crippen LogP) is 4.47. The lowest BCUT2D eigenvalue weighted by atomic mass is 10.1. The van der Waals surface area contributed by atoms with E-state index in [-0.39, 0.29) is 5.91 Å². The minimum Gasteiger partial charge on any atom is -0.481 e. The summed E-state index contributed by atoms with van der Waals surface area (Å²) in [4.78, 5) is 12.2. The number of para-hydroxylation sites is 1. The Kier molecular flexibility index (Phi) is 5.02. The van der Waals surface area contributed by atoms with Gasteiger partial charge in [-0.3, -0.25) is 4.79 Å². The Hall–Kier alpha value is -1.81. The molecule has 0 unspecified atom stereocenters. The molecule has 0 saturated heterocycles. The summed E-state index contributed by atoms with van der Waals surface area (Å²) in [7, 11) is 0. The van der Waals surface area contributed by atoms with E-state index in [4.69, 9.17) is 4.74 Å². The molecule has 1 atom stereocenters.